The van der Waals surface area contributed by atoms with Crippen LogP contribution in [0.3, 0.4) is 0 Å². The smallest absolute Gasteiger partial charge is 0.236 e. The molecule has 21 heavy (non-hydrogen) atoms. The fourth-order valence-corrected chi connectivity index (χ4v) is 2.19. The normalized spacial score (nSPS) is 16.2. The fourth-order valence-electron chi connectivity index (χ4n) is 1.56. The van der Waals surface area contributed by atoms with Crippen LogP contribution < -0.4 is 14.8 Å². The Bertz CT molecular complexity index is 599. The summed E-state index contributed by atoms with van der Waals surface area (Å²) in [6, 6.07) is 5.43. The van der Waals surface area contributed by atoms with Gasteiger partial charge >= 0.3 is 0 Å². The average Bonchev–Trinajstić information content (AvgIpc) is 2.91. The molecule has 1 aliphatic heterocycles. The predicted octanol–water partition coefficient (Wildman–Crippen LogP) is 1.81. The maximum atomic E-state index is 11.0. The molecular formula is C14H15N3O3S. The molecule has 1 saturated heterocycles. The molecule has 1 aromatic carbocycles. The van der Waals surface area contributed by atoms with Gasteiger partial charge in [0.25, 0.3) is 0 Å². The van der Waals surface area contributed by atoms with E-state index in [4.69, 9.17) is 9.47 Å². The summed E-state index contributed by atoms with van der Waals surface area (Å²) < 4.78 is 10.7. The third-order valence-corrected chi connectivity index (χ3v) is 3.35. The second-order valence-electron chi connectivity index (χ2n) is 4.00. The molecule has 2 rings (SSSR count). The van der Waals surface area contributed by atoms with E-state index in [0.29, 0.717) is 29.0 Å². The summed E-state index contributed by atoms with van der Waals surface area (Å²) in [7, 11) is 1.57. The number of benzene rings is 1. The molecule has 1 N–H and O–H groups in total. The highest BCUT2D eigenvalue weighted by molar-refractivity contribution is 8.15. The number of thioether (sulfide) groups is 1. The lowest BCUT2D eigenvalue weighted by Gasteiger charge is -2.09. The van der Waals surface area contributed by atoms with Crippen molar-refractivity contribution in [3.63, 3.8) is 0 Å². The first-order valence-electron chi connectivity index (χ1n) is 6.18. The molecule has 1 aliphatic rings. The summed E-state index contributed by atoms with van der Waals surface area (Å²) in [6.07, 6.45) is 3.25. The SMILES string of the molecule is C=CCOc1ccc(C=NN=C2NC(=O)CS2)cc1OC. The van der Waals surface area contributed by atoms with Crippen LogP contribution in [0.2, 0.25) is 0 Å². The molecule has 0 aromatic heterocycles. The van der Waals surface area contributed by atoms with Crippen LogP contribution in [0.15, 0.2) is 41.1 Å². The Labute approximate surface area is 126 Å². The molecule has 0 saturated carbocycles. The molecule has 0 atom stereocenters. The predicted molar refractivity (Wildman–Crippen MR) is 84.3 cm³/mol. The Morgan fingerprint density at radius 1 is 1.48 bits per heavy atom. The summed E-state index contributed by atoms with van der Waals surface area (Å²) in [5.41, 5.74) is 0.816. The van der Waals surface area contributed by atoms with E-state index in [0.717, 1.165) is 5.56 Å². The first-order chi connectivity index (χ1) is 10.2. The number of amides is 1. The fraction of sp³-hybridized carbons (Fsp3) is 0.214. The van der Waals surface area contributed by atoms with Gasteiger partial charge in [0.15, 0.2) is 16.7 Å². The molecule has 0 spiro atoms. The minimum atomic E-state index is -0.0562. The monoisotopic (exact) mass is 305 g/mol. The highest BCUT2D eigenvalue weighted by Crippen LogP contribution is 2.27. The van der Waals surface area contributed by atoms with E-state index in [1.807, 2.05) is 6.07 Å². The van der Waals surface area contributed by atoms with Crippen LogP contribution in [-0.4, -0.2) is 36.8 Å². The lowest BCUT2D eigenvalue weighted by molar-refractivity contribution is -0.116. The van der Waals surface area contributed by atoms with E-state index in [1.54, 1.807) is 31.5 Å². The first-order valence-corrected chi connectivity index (χ1v) is 7.17. The van der Waals surface area contributed by atoms with Crippen molar-refractivity contribution in [2.24, 2.45) is 10.2 Å². The number of nitrogens with zero attached hydrogens (tertiary/aromatic N) is 2. The minimum Gasteiger partial charge on any atom is -0.493 e. The third-order valence-electron chi connectivity index (χ3n) is 2.49. The number of amidine groups is 1. The molecule has 0 radical (unpaired) electrons. The second-order valence-corrected chi connectivity index (χ2v) is 4.96. The first kappa shape index (κ1) is 15.1. The number of nitrogens with one attached hydrogen (secondary N) is 1. The Balaban J connectivity index is 2.06. The van der Waals surface area contributed by atoms with Crippen LogP contribution in [0.4, 0.5) is 0 Å². The van der Waals surface area contributed by atoms with Gasteiger partial charge in [0.05, 0.1) is 19.1 Å². The lowest BCUT2D eigenvalue weighted by Crippen LogP contribution is -2.19. The van der Waals surface area contributed by atoms with Crippen LogP contribution in [0.5, 0.6) is 11.5 Å². The Kier molecular flexibility index (Phi) is 5.39. The quantitative estimate of drug-likeness (QED) is 0.494. The number of ether oxygens (including phenoxy) is 2. The van der Waals surface area contributed by atoms with E-state index in [9.17, 15) is 4.79 Å². The van der Waals surface area contributed by atoms with Gasteiger partial charge in [0.1, 0.15) is 6.61 Å². The van der Waals surface area contributed by atoms with E-state index in [1.165, 1.54) is 11.8 Å². The van der Waals surface area contributed by atoms with Gasteiger partial charge in [-0.2, -0.15) is 5.10 Å². The Hall–Kier alpha value is -2.28. The van der Waals surface area contributed by atoms with Crippen LogP contribution in [-0.2, 0) is 4.79 Å². The van der Waals surface area contributed by atoms with E-state index < -0.39 is 0 Å². The maximum Gasteiger partial charge on any atom is 0.236 e. The van der Waals surface area contributed by atoms with Gasteiger partial charge in [-0.05, 0) is 23.8 Å². The molecule has 110 valence electrons. The highest BCUT2D eigenvalue weighted by Gasteiger charge is 2.15. The van der Waals surface area contributed by atoms with Crippen molar-refractivity contribution < 1.29 is 14.3 Å². The standard InChI is InChI=1S/C14H15N3O3S/c1-3-6-20-11-5-4-10(7-12(11)19-2)8-15-17-14-16-13(18)9-21-14/h3-5,7-8H,1,6,9H2,2H3,(H,16,17,18). The van der Waals surface area contributed by atoms with Crippen molar-refractivity contribution >= 4 is 29.1 Å². The summed E-state index contributed by atoms with van der Waals surface area (Å²) in [5, 5.41) is 11.0. The minimum absolute atomic E-state index is 0.0562. The molecule has 7 heteroatoms. The molecule has 1 fully saturated rings. The zero-order valence-corrected chi connectivity index (χ0v) is 12.4. The van der Waals surface area contributed by atoms with E-state index in [-0.39, 0.29) is 5.91 Å². The van der Waals surface area contributed by atoms with Crippen molar-refractivity contribution in [2.45, 2.75) is 0 Å². The number of methoxy groups -OCH3 is 1. The van der Waals surface area contributed by atoms with Crippen molar-refractivity contribution in [2.75, 3.05) is 19.5 Å². The van der Waals surface area contributed by atoms with E-state index in [2.05, 4.69) is 22.1 Å². The van der Waals surface area contributed by atoms with Crippen molar-refractivity contribution in [3.05, 3.63) is 36.4 Å². The van der Waals surface area contributed by atoms with Crippen molar-refractivity contribution in [1.82, 2.24) is 5.32 Å². The largest absolute Gasteiger partial charge is 0.493 e. The summed E-state index contributed by atoms with van der Waals surface area (Å²) in [4.78, 5) is 11.0. The van der Waals surface area contributed by atoms with Crippen LogP contribution in [0.25, 0.3) is 0 Å². The highest BCUT2D eigenvalue weighted by atomic mass is 32.2. The van der Waals surface area contributed by atoms with Gasteiger partial charge < -0.3 is 14.8 Å². The van der Waals surface area contributed by atoms with Crippen molar-refractivity contribution in [3.8, 4) is 11.5 Å². The van der Waals surface area contributed by atoms with Gasteiger partial charge in [-0.1, -0.05) is 24.4 Å². The molecule has 1 amide bonds. The molecule has 0 aliphatic carbocycles. The topological polar surface area (TPSA) is 72.3 Å². The average molecular weight is 305 g/mol. The molecular weight excluding hydrogens is 290 g/mol. The number of hydrogen-bond acceptors (Lipinski definition) is 6. The van der Waals surface area contributed by atoms with Crippen LogP contribution >= 0.6 is 11.8 Å². The van der Waals surface area contributed by atoms with Crippen molar-refractivity contribution in [1.29, 1.82) is 0 Å². The lowest BCUT2D eigenvalue weighted by atomic mass is 10.2. The second kappa shape index (κ2) is 7.49. The maximum absolute atomic E-state index is 11.0. The summed E-state index contributed by atoms with van der Waals surface area (Å²) in [6.45, 7) is 4.01. The summed E-state index contributed by atoms with van der Waals surface area (Å²) in [5.74, 6) is 1.58. The molecule has 1 heterocycles. The Morgan fingerprint density at radius 2 is 2.33 bits per heavy atom. The van der Waals surface area contributed by atoms with E-state index >= 15 is 0 Å². The van der Waals surface area contributed by atoms with Gasteiger partial charge in [0.2, 0.25) is 5.91 Å². The van der Waals surface area contributed by atoms with Gasteiger partial charge in [0, 0.05) is 0 Å². The molecule has 1 aromatic rings. The zero-order valence-electron chi connectivity index (χ0n) is 11.5. The number of hydrogen-bond donors (Lipinski definition) is 1. The third kappa shape index (κ3) is 4.35. The summed E-state index contributed by atoms with van der Waals surface area (Å²) >= 11 is 1.33. The molecule has 6 nitrogen and oxygen atoms in total. The number of carbonyl (C=O) groups excluding carboxylic acids is 1. The van der Waals surface area contributed by atoms with Crippen LogP contribution in [0, 0.1) is 0 Å². The zero-order chi connectivity index (χ0) is 15.1. The van der Waals surface area contributed by atoms with Gasteiger partial charge in [-0.15, -0.1) is 5.10 Å². The molecule has 0 unspecified atom stereocenters. The van der Waals surface area contributed by atoms with Gasteiger partial charge in [-0.25, -0.2) is 0 Å². The van der Waals surface area contributed by atoms with Gasteiger partial charge in [-0.3, -0.25) is 4.79 Å². The number of rotatable bonds is 6. The Morgan fingerprint density at radius 3 is 3.00 bits per heavy atom. The van der Waals surface area contributed by atoms with Crippen LogP contribution in [0.1, 0.15) is 5.56 Å². The molecule has 0 bridgehead atoms. The number of carbonyl (C=O) groups is 1.